The Morgan fingerprint density at radius 1 is 1.07 bits per heavy atom. The molecule has 0 spiro atoms. The topological polar surface area (TPSA) is 80.7 Å². The van der Waals surface area contributed by atoms with E-state index in [-0.39, 0.29) is 17.8 Å². The van der Waals surface area contributed by atoms with Gasteiger partial charge in [-0.15, -0.1) is 0 Å². The summed E-state index contributed by atoms with van der Waals surface area (Å²) in [5, 5.41) is 11.5. The fourth-order valence-electron chi connectivity index (χ4n) is 7.81. The molecule has 0 aliphatic heterocycles. The second-order valence-corrected chi connectivity index (χ2v) is 10.5. The molecule has 4 aliphatic rings. The van der Waals surface area contributed by atoms with Gasteiger partial charge in [-0.2, -0.15) is 0 Å². The van der Waals surface area contributed by atoms with Crippen LogP contribution >= 0.6 is 0 Å². The molecule has 0 aromatic rings. The van der Waals surface area contributed by atoms with Gasteiger partial charge in [0.05, 0.1) is 0 Å². The van der Waals surface area contributed by atoms with Crippen molar-refractivity contribution in [2.45, 2.75) is 84.2 Å². The average Bonchev–Trinajstić information content (AvgIpc) is 2.92. The maximum atomic E-state index is 12.9. The van der Waals surface area contributed by atoms with E-state index >= 15 is 0 Å². The minimum absolute atomic E-state index is 0.223. The van der Waals surface area contributed by atoms with Gasteiger partial charge in [-0.1, -0.05) is 13.8 Å². The van der Waals surface area contributed by atoms with E-state index in [9.17, 15) is 19.5 Å². The lowest BCUT2D eigenvalue weighted by atomic mass is 9.44. The number of rotatable bonds is 3. The lowest BCUT2D eigenvalue weighted by molar-refractivity contribution is -0.175. The molecule has 0 bridgehead atoms. The van der Waals surface area contributed by atoms with Crippen LogP contribution in [0.15, 0.2) is 0 Å². The predicted molar refractivity (Wildman–Crippen MR) is 103 cm³/mol. The van der Waals surface area contributed by atoms with E-state index < -0.39 is 17.0 Å². The van der Waals surface area contributed by atoms with Crippen molar-refractivity contribution in [2.24, 2.45) is 34.5 Å². The Morgan fingerprint density at radius 3 is 2.50 bits per heavy atom. The fraction of sp³-hybridized carbons (Fsp3) is 0.870. The number of Topliss-reactive ketones (excluding diaryl/α,β-unsaturated/α-hetero) is 2. The Hall–Kier alpha value is -1.23. The summed E-state index contributed by atoms with van der Waals surface area (Å²) in [7, 11) is 0. The fourth-order valence-corrected chi connectivity index (χ4v) is 7.81. The number of carbonyl (C=O) groups excluding carboxylic acids is 3. The highest BCUT2D eigenvalue weighted by atomic mass is 16.5. The molecular weight excluding hydrogens is 356 g/mol. The molecule has 28 heavy (non-hydrogen) atoms. The minimum atomic E-state index is -1.39. The number of esters is 1. The van der Waals surface area contributed by atoms with Gasteiger partial charge in [0, 0.05) is 25.2 Å². The minimum Gasteiger partial charge on any atom is -0.458 e. The summed E-state index contributed by atoms with van der Waals surface area (Å²) >= 11 is 0. The highest BCUT2D eigenvalue weighted by Crippen LogP contribution is 2.68. The lowest BCUT2D eigenvalue weighted by Gasteiger charge is -2.60. The van der Waals surface area contributed by atoms with E-state index in [0.717, 1.165) is 44.9 Å². The molecule has 4 saturated carbocycles. The molecule has 156 valence electrons. The summed E-state index contributed by atoms with van der Waals surface area (Å²) in [6.07, 6.45) is 7.82. The number of aliphatic hydroxyl groups is 1. The van der Waals surface area contributed by atoms with Crippen LogP contribution in [0.4, 0.5) is 0 Å². The van der Waals surface area contributed by atoms with E-state index in [2.05, 4.69) is 13.8 Å². The molecule has 0 amide bonds. The maximum Gasteiger partial charge on any atom is 0.303 e. The smallest absolute Gasteiger partial charge is 0.303 e. The van der Waals surface area contributed by atoms with Crippen LogP contribution in [0, 0.1) is 34.5 Å². The van der Waals surface area contributed by atoms with Crippen molar-refractivity contribution in [1.29, 1.82) is 0 Å². The Kier molecular flexibility index (Phi) is 4.76. The molecule has 0 saturated heterocycles. The number of fused-ring (bicyclic) bond motifs is 5. The zero-order valence-electron chi connectivity index (χ0n) is 17.5. The summed E-state index contributed by atoms with van der Waals surface area (Å²) < 4.78 is 4.93. The Bertz CT molecular complexity index is 701. The highest BCUT2D eigenvalue weighted by molar-refractivity contribution is 5.91. The van der Waals surface area contributed by atoms with Crippen LogP contribution in [0.25, 0.3) is 0 Å². The molecular formula is C23H34O5. The first-order valence-electron chi connectivity index (χ1n) is 11.0. The van der Waals surface area contributed by atoms with Gasteiger partial charge in [0.15, 0.2) is 6.61 Å². The van der Waals surface area contributed by atoms with Crippen molar-refractivity contribution in [1.82, 2.24) is 0 Å². The van der Waals surface area contributed by atoms with Gasteiger partial charge in [-0.25, -0.2) is 0 Å². The molecule has 0 unspecified atom stereocenters. The Labute approximate surface area is 167 Å². The molecule has 7 atom stereocenters. The second kappa shape index (κ2) is 6.65. The van der Waals surface area contributed by atoms with Gasteiger partial charge in [-0.3, -0.25) is 14.4 Å². The average molecular weight is 391 g/mol. The van der Waals surface area contributed by atoms with E-state index in [1.165, 1.54) is 6.92 Å². The molecule has 5 heteroatoms. The monoisotopic (exact) mass is 390 g/mol. The van der Waals surface area contributed by atoms with Crippen LogP contribution in [0.5, 0.6) is 0 Å². The van der Waals surface area contributed by atoms with Gasteiger partial charge in [-0.05, 0) is 74.0 Å². The third-order valence-electron chi connectivity index (χ3n) is 9.50. The molecule has 0 aromatic heterocycles. The number of carbonyl (C=O) groups is 3. The maximum absolute atomic E-state index is 12.9. The van der Waals surface area contributed by atoms with E-state index in [4.69, 9.17) is 4.74 Å². The zero-order chi connectivity index (χ0) is 20.3. The van der Waals surface area contributed by atoms with E-state index in [0.29, 0.717) is 42.3 Å². The van der Waals surface area contributed by atoms with Crippen molar-refractivity contribution < 1.29 is 24.2 Å². The first-order valence-corrected chi connectivity index (χ1v) is 11.0. The molecule has 4 fully saturated rings. The van der Waals surface area contributed by atoms with Gasteiger partial charge in [0.2, 0.25) is 5.78 Å². The normalized spacial score (nSPS) is 47.6. The summed E-state index contributed by atoms with van der Waals surface area (Å²) in [5.74, 6) is 1.53. The van der Waals surface area contributed by atoms with Crippen LogP contribution < -0.4 is 0 Å². The number of hydrogen-bond donors (Lipinski definition) is 1. The highest BCUT2D eigenvalue weighted by Gasteiger charge is 2.66. The van der Waals surface area contributed by atoms with Gasteiger partial charge in [0.1, 0.15) is 11.4 Å². The number of ketones is 2. The molecule has 0 heterocycles. The molecule has 5 nitrogen and oxygen atoms in total. The third kappa shape index (κ3) is 2.72. The van der Waals surface area contributed by atoms with Crippen molar-refractivity contribution in [3.8, 4) is 0 Å². The summed E-state index contributed by atoms with van der Waals surface area (Å²) in [6.45, 7) is 5.45. The van der Waals surface area contributed by atoms with Crippen molar-refractivity contribution >= 4 is 17.5 Å². The van der Waals surface area contributed by atoms with E-state index in [1.807, 2.05) is 0 Å². The number of ether oxygens (including phenoxy) is 1. The van der Waals surface area contributed by atoms with Crippen LogP contribution in [-0.4, -0.2) is 34.9 Å². The van der Waals surface area contributed by atoms with Crippen LogP contribution in [-0.2, 0) is 19.1 Å². The SMILES string of the molecule is CC(=O)OCC(=O)[C@@]1(O)CC[C@@H]2[C@H]3CC[C@H]4CC(=O)CC[C@]4(C)[C@H]3CC[C@@]21C. The lowest BCUT2D eigenvalue weighted by Crippen LogP contribution is -2.59. The first kappa shape index (κ1) is 20.1. The van der Waals surface area contributed by atoms with Crippen LogP contribution in [0.3, 0.4) is 0 Å². The molecule has 0 aromatic carbocycles. The van der Waals surface area contributed by atoms with Crippen molar-refractivity contribution in [3.63, 3.8) is 0 Å². The van der Waals surface area contributed by atoms with E-state index in [1.54, 1.807) is 0 Å². The second-order valence-electron chi connectivity index (χ2n) is 10.5. The van der Waals surface area contributed by atoms with Gasteiger partial charge >= 0.3 is 5.97 Å². The van der Waals surface area contributed by atoms with Gasteiger partial charge in [0.25, 0.3) is 0 Å². The van der Waals surface area contributed by atoms with Gasteiger partial charge < -0.3 is 9.84 Å². The summed E-state index contributed by atoms with van der Waals surface area (Å²) in [6, 6.07) is 0. The number of hydrogen-bond acceptors (Lipinski definition) is 5. The molecule has 4 aliphatic carbocycles. The standard InChI is InChI=1S/C23H34O5/c1-14(24)28-13-20(26)23(27)11-8-19-17-5-4-15-12-16(25)6-9-21(15,2)18(17)7-10-22(19,23)3/h15,17-19,27H,4-13H2,1-3H3/t15-,17-,18-,19+,21-,22-,23-/m0/s1. The van der Waals surface area contributed by atoms with Crippen molar-refractivity contribution in [2.75, 3.05) is 6.61 Å². The Balaban J connectivity index is 1.57. The predicted octanol–water partition coefficient (Wildman–Crippen LogP) is 3.46. The van der Waals surface area contributed by atoms with Crippen LogP contribution in [0.1, 0.15) is 78.6 Å². The molecule has 0 radical (unpaired) electrons. The summed E-state index contributed by atoms with van der Waals surface area (Å²) in [5.41, 5.74) is -1.61. The van der Waals surface area contributed by atoms with Crippen molar-refractivity contribution in [3.05, 3.63) is 0 Å². The van der Waals surface area contributed by atoms with Crippen LogP contribution in [0.2, 0.25) is 0 Å². The quantitative estimate of drug-likeness (QED) is 0.747. The third-order valence-corrected chi connectivity index (χ3v) is 9.50. The molecule has 1 N–H and O–H groups in total. The first-order chi connectivity index (χ1) is 13.1. The zero-order valence-corrected chi connectivity index (χ0v) is 17.5. The Morgan fingerprint density at radius 2 is 1.79 bits per heavy atom. The summed E-state index contributed by atoms with van der Waals surface area (Å²) in [4.78, 5) is 36.0. The largest absolute Gasteiger partial charge is 0.458 e. The molecule has 4 rings (SSSR count).